The van der Waals surface area contributed by atoms with Crippen LogP contribution in [-0.2, 0) is 0 Å². The lowest BCUT2D eigenvalue weighted by Gasteiger charge is -2.02. The van der Waals surface area contributed by atoms with Crippen molar-refractivity contribution in [2.24, 2.45) is 0 Å². The van der Waals surface area contributed by atoms with Crippen LogP contribution < -0.4 is 5.32 Å². The second kappa shape index (κ2) is 2.82. The van der Waals surface area contributed by atoms with Gasteiger partial charge in [-0.15, -0.1) is 0 Å². The fourth-order valence-electron chi connectivity index (χ4n) is 1.90. The van der Waals surface area contributed by atoms with Gasteiger partial charge in [0.15, 0.2) is 0 Å². The van der Waals surface area contributed by atoms with Crippen LogP contribution in [0.15, 0.2) is 36.4 Å². The molecule has 1 nitrogen and oxygen atoms in total. The highest BCUT2D eigenvalue weighted by molar-refractivity contribution is 5.84. The van der Waals surface area contributed by atoms with E-state index in [9.17, 15) is 0 Å². The molecule has 70 valence electrons. The van der Waals surface area contributed by atoms with Gasteiger partial charge in [0.25, 0.3) is 0 Å². The first-order valence-corrected chi connectivity index (χ1v) is 5.07. The molecule has 2 aromatic carbocycles. The van der Waals surface area contributed by atoms with Crippen LogP contribution >= 0.6 is 0 Å². The molecule has 0 aliphatic carbocycles. The first-order chi connectivity index (χ1) is 6.83. The molecule has 0 amide bonds. The van der Waals surface area contributed by atoms with Gasteiger partial charge in [0, 0.05) is 12.6 Å². The smallest absolute Gasteiger partial charge is 0.0447 e. The van der Waals surface area contributed by atoms with Gasteiger partial charge in [-0.05, 0) is 29.3 Å². The second-order valence-electron chi connectivity index (χ2n) is 4.07. The molecule has 1 aliphatic heterocycles. The van der Waals surface area contributed by atoms with Crippen molar-refractivity contribution < 1.29 is 0 Å². The predicted molar refractivity (Wildman–Crippen MR) is 59.4 cm³/mol. The van der Waals surface area contributed by atoms with Crippen molar-refractivity contribution >= 4 is 10.8 Å². The van der Waals surface area contributed by atoms with Gasteiger partial charge in [-0.3, -0.25) is 0 Å². The van der Waals surface area contributed by atoms with Crippen LogP contribution in [0.1, 0.15) is 17.2 Å². The number of hydrogen-bond acceptors (Lipinski definition) is 1. The second-order valence-corrected chi connectivity index (χ2v) is 4.07. The molecule has 0 radical (unpaired) electrons. The molecule has 1 fully saturated rings. The van der Waals surface area contributed by atoms with Crippen LogP contribution in [0.4, 0.5) is 0 Å². The third-order valence-corrected chi connectivity index (χ3v) is 2.83. The lowest BCUT2D eigenvalue weighted by molar-refractivity contribution is 1.08. The molecule has 3 rings (SSSR count). The first-order valence-electron chi connectivity index (χ1n) is 5.07. The molecule has 1 heteroatoms. The Bertz CT molecular complexity index is 484. The molecule has 1 atom stereocenters. The zero-order chi connectivity index (χ0) is 9.54. The maximum absolute atomic E-state index is 3.33. The van der Waals surface area contributed by atoms with E-state index in [2.05, 4.69) is 48.6 Å². The summed E-state index contributed by atoms with van der Waals surface area (Å²) in [5.41, 5.74) is 2.75. The summed E-state index contributed by atoms with van der Waals surface area (Å²) in [7, 11) is 0. The SMILES string of the molecule is Cc1ccc2cc(C3CN3)ccc2c1. The van der Waals surface area contributed by atoms with Gasteiger partial charge in [-0.25, -0.2) is 0 Å². The number of rotatable bonds is 1. The monoisotopic (exact) mass is 183 g/mol. The zero-order valence-corrected chi connectivity index (χ0v) is 8.25. The average molecular weight is 183 g/mol. The Hall–Kier alpha value is -1.34. The van der Waals surface area contributed by atoms with Gasteiger partial charge in [0.05, 0.1) is 0 Å². The Morgan fingerprint density at radius 1 is 1.07 bits per heavy atom. The molecule has 1 aliphatic rings. The van der Waals surface area contributed by atoms with Gasteiger partial charge >= 0.3 is 0 Å². The summed E-state index contributed by atoms with van der Waals surface area (Å²) in [6.07, 6.45) is 0. The minimum atomic E-state index is 0.612. The van der Waals surface area contributed by atoms with E-state index in [0.717, 1.165) is 6.54 Å². The third kappa shape index (κ3) is 1.30. The first kappa shape index (κ1) is 8.01. The summed E-state index contributed by atoms with van der Waals surface area (Å²) in [4.78, 5) is 0. The molecule has 0 aromatic heterocycles. The van der Waals surface area contributed by atoms with E-state index in [0.29, 0.717) is 6.04 Å². The Morgan fingerprint density at radius 3 is 2.57 bits per heavy atom. The van der Waals surface area contributed by atoms with E-state index in [1.807, 2.05) is 0 Å². The van der Waals surface area contributed by atoms with Crippen LogP contribution in [0, 0.1) is 6.92 Å². The number of fused-ring (bicyclic) bond motifs is 1. The fourth-order valence-corrected chi connectivity index (χ4v) is 1.90. The van der Waals surface area contributed by atoms with E-state index >= 15 is 0 Å². The number of nitrogens with one attached hydrogen (secondary N) is 1. The highest BCUT2D eigenvalue weighted by atomic mass is 15.1. The molecule has 1 heterocycles. The number of benzene rings is 2. The van der Waals surface area contributed by atoms with Gasteiger partial charge in [0.1, 0.15) is 0 Å². The van der Waals surface area contributed by atoms with Crippen LogP contribution in [0.2, 0.25) is 0 Å². The molecule has 14 heavy (non-hydrogen) atoms. The molecule has 1 saturated heterocycles. The van der Waals surface area contributed by atoms with Gasteiger partial charge in [0.2, 0.25) is 0 Å². The van der Waals surface area contributed by atoms with E-state index in [1.54, 1.807) is 0 Å². The number of aryl methyl sites for hydroxylation is 1. The lowest BCUT2D eigenvalue weighted by atomic mass is 10.0. The maximum Gasteiger partial charge on any atom is 0.0447 e. The van der Waals surface area contributed by atoms with Crippen LogP contribution in [0.5, 0.6) is 0 Å². The van der Waals surface area contributed by atoms with Crippen molar-refractivity contribution in [3.63, 3.8) is 0 Å². The Morgan fingerprint density at radius 2 is 1.79 bits per heavy atom. The van der Waals surface area contributed by atoms with Crippen molar-refractivity contribution in [3.05, 3.63) is 47.5 Å². The average Bonchev–Trinajstić information content (AvgIpc) is 3.00. The Labute approximate surface area is 83.8 Å². The van der Waals surface area contributed by atoms with Crippen molar-refractivity contribution in [1.29, 1.82) is 0 Å². The van der Waals surface area contributed by atoms with Gasteiger partial charge in [-0.2, -0.15) is 0 Å². The standard InChI is InChI=1S/C13H13N/c1-9-2-3-11-7-12(13-8-14-13)5-4-10(11)6-9/h2-7,13-14H,8H2,1H3. The normalized spacial score (nSPS) is 19.9. The highest BCUT2D eigenvalue weighted by Gasteiger charge is 2.21. The fraction of sp³-hybridized carbons (Fsp3) is 0.231. The summed E-state index contributed by atoms with van der Waals surface area (Å²) >= 11 is 0. The van der Waals surface area contributed by atoms with Crippen molar-refractivity contribution in [3.8, 4) is 0 Å². The van der Waals surface area contributed by atoms with E-state index in [4.69, 9.17) is 0 Å². The van der Waals surface area contributed by atoms with Crippen LogP contribution in [0.25, 0.3) is 10.8 Å². The van der Waals surface area contributed by atoms with Gasteiger partial charge < -0.3 is 5.32 Å². The third-order valence-electron chi connectivity index (χ3n) is 2.83. The summed E-state index contributed by atoms with van der Waals surface area (Å²) in [5, 5.41) is 6.02. The minimum absolute atomic E-state index is 0.612. The molecular formula is C13H13N. The molecule has 2 aromatic rings. The summed E-state index contributed by atoms with van der Waals surface area (Å²) in [6.45, 7) is 3.27. The Kier molecular flexibility index (Phi) is 1.62. The zero-order valence-electron chi connectivity index (χ0n) is 8.25. The molecule has 1 N–H and O–H groups in total. The van der Waals surface area contributed by atoms with Crippen molar-refractivity contribution in [2.45, 2.75) is 13.0 Å². The quantitative estimate of drug-likeness (QED) is 0.675. The molecule has 0 saturated carbocycles. The lowest BCUT2D eigenvalue weighted by Crippen LogP contribution is -1.84. The van der Waals surface area contributed by atoms with Crippen LogP contribution in [0.3, 0.4) is 0 Å². The summed E-state index contributed by atoms with van der Waals surface area (Å²) < 4.78 is 0. The number of hydrogen-bond donors (Lipinski definition) is 1. The molecule has 0 bridgehead atoms. The largest absolute Gasteiger partial charge is 0.307 e. The maximum atomic E-state index is 3.33. The molecule has 1 unspecified atom stereocenters. The van der Waals surface area contributed by atoms with Crippen molar-refractivity contribution in [2.75, 3.05) is 6.54 Å². The van der Waals surface area contributed by atoms with E-state index in [-0.39, 0.29) is 0 Å². The van der Waals surface area contributed by atoms with Crippen molar-refractivity contribution in [1.82, 2.24) is 5.32 Å². The summed E-state index contributed by atoms with van der Waals surface area (Å²) in [6, 6.07) is 14.0. The Balaban J connectivity index is 2.18. The minimum Gasteiger partial charge on any atom is -0.307 e. The van der Waals surface area contributed by atoms with E-state index in [1.165, 1.54) is 21.9 Å². The topological polar surface area (TPSA) is 21.9 Å². The van der Waals surface area contributed by atoms with Gasteiger partial charge in [-0.1, -0.05) is 35.9 Å². The predicted octanol–water partition coefficient (Wildman–Crippen LogP) is 2.79. The van der Waals surface area contributed by atoms with Crippen LogP contribution in [-0.4, -0.2) is 6.54 Å². The van der Waals surface area contributed by atoms with E-state index < -0.39 is 0 Å². The molecular weight excluding hydrogens is 170 g/mol. The molecule has 0 spiro atoms. The highest BCUT2D eigenvalue weighted by Crippen LogP contribution is 2.25. The summed E-state index contributed by atoms with van der Waals surface area (Å²) in [5.74, 6) is 0.